The second-order valence-corrected chi connectivity index (χ2v) is 6.75. The van der Waals surface area contributed by atoms with E-state index in [0.717, 1.165) is 51.5 Å². The van der Waals surface area contributed by atoms with E-state index in [4.69, 9.17) is 9.47 Å². The van der Waals surface area contributed by atoms with Crippen LogP contribution < -0.4 is 5.32 Å². The number of hydrogen-bond donors (Lipinski definition) is 1. The Kier molecular flexibility index (Phi) is 5.84. The van der Waals surface area contributed by atoms with Gasteiger partial charge in [0.15, 0.2) is 5.79 Å². The van der Waals surface area contributed by atoms with Gasteiger partial charge < -0.3 is 19.7 Å². The zero-order valence-corrected chi connectivity index (χ0v) is 13.7. The number of nitrogens with zero attached hydrogens (tertiary/aromatic N) is 1. The van der Waals surface area contributed by atoms with Gasteiger partial charge in [-0.2, -0.15) is 0 Å². The molecule has 1 aliphatic carbocycles. The third kappa shape index (κ3) is 3.94. The van der Waals surface area contributed by atoms with Crippen molar-refractivity contribution in [2.75, 3.05) is 33.4 Å². The van der Waals surface area contributed by atoms with E-state index in [-0.39, 0.29) is 5.79 Å². The van der Waals surface area contributed by atoms with Crippen molar-refractivity contribution in [2.24, 2.45) is 5.92 Å². The second kappa shape index (κ2) is 7.21. The molecule has 4 nitrogen and oxygen atoms in total. The first kappa shape index (κ1) is 16.2. The Bertz CT molecular complexity index is 290. The third-order valence-electron chi connectivity index (χ3n) is 4.73. The molecular weight excluding hydrogens is 252 g/mol. The molecule has 2 rings (SSSR count). The van der Waals surface area contributed by atoms with E-state index in [0.29, 0.717) is 12.1 Å². The third-order valence-corrected chi connectivity index (χ3v) is 4.73. The van der Waals surface area contributed by atoms with Crippen molar-refractivity contribution in [3.05, 3.63) is 0 Å². The molecule has 2 atom stereocenters. The van der Waals surface area contributed by atoms with Crippen molar-refractivity contribution < 1.29 is 9.47 Å². The minimum Gasteiger partial charge on any atom is -0.347 e. The van der Waals surface area contributed by atoms with Gasteiger partial charge >= 0.3 is 0 Å². The molecule has 1 aliphatic heterocycles. The van der Waals surface area contributed by atoms with Gasteiger partial charge in [0.2, 0.25) is 0 Å². The molecule has 118 valence electrons. The molecular formula is C16H32N2O2. The summed E-state index contributed by atoms with van der Waals surface area (Å²) in [6.07, 6.45) is 4.42. The topological polar surface area (TPSA) is 33.7 Å². The molecule has 20 heavy (non-hydrogen) atoms. The van der Waals surface area contributed by atoms with Crippen LogP contribution in [0.2, 0.25) is 0 Å². The van der Waals surface area contributed by atoms with E-state index in [1.807, 2.05) is 0 Å². The molecule has 0 aromatic carbocycles. The molecule has 2 unspecified atom stereocenters. The van der Waals surface area contributed by atoms with Crippen LogP contribution in [0.1, 0.15) is 46.5 Å². The van der Waals surface area contributed by atoms with Gasteiger partial charge in [0.1, 0.15) is 0 Å². The lowest BCUT2D eigenvalue weighted by molar-refractivity contribution is -0.192. The van der Waals surface area contributed by atoms with Crippen molar-refractivity contribution in [3.8, 4) is 0 Å². The van der Waals surface area contributed by atoms with E-state index < -0.39 is 0 Å². The highest BCUT2D eigenvalue weighted by Gasteiger charge is 2.45. The molecule has 2 fully saturated rings. The maximum absolute atomic E-state index is 5.94. The molecule has 1 N–H and O–H groups in total. The van der Waals surface area contributed by atoms with Gasteiger partial charge in [0.25, 0.3) is 0 Å². The van der Waals surface area contributed by atoms with Crippen LogP contribution in [0.25, 0.3) is 0 Å². The highest BCUT2D eigenvalue weighted by molar-refractivity contribution is 4.95. The van der Waals surface area contributed by atoms with Crippen molar-refractivity contribution in [2.45, 2.75) is 64.3 Å². The minimum atomic E-state index is -0.289. The molecule has 1 heterocycles. The summed E-state index contributed by atoms with van der Waals surface area (Å²) in [6.45, 7) is 10.5. The van der Waals surface area contributed by atoms with Crippen molar-refractivity contribution in [3.63, 3.8) is 0 Å². The summed E-state index contributed by atoms with van der Waals surface area (Å²) in [5, 5.41) is 3.66. The number of nitrogens with one attached hydrogen (secondary N) is 1. The van der Waals surface area contributed by atoms with Crippen LogP contribution in [0.5, 0.6) is 0 Å². The van der Waals surface area contributed by atoms with Crippen molar-refractivity contribution in [1.82, 2.24) is 10.2 Å². The molecule has 2 aliphatic rings. The zero-order chi connectivity index (χ0) is 14.6. The van der Waals surface area contributed by atoms with Crippen molar-refractivity contribution >= 4 is 0 Å². The lowest BCUT2D eigenvalue weighted by atomic mass is 9.84. The molecule has 0 aromatic heterocycles. The smallest absolute Gasteiger partial charge is 0.170 e. The molecule has 0 radical (unpaired) electrons. The molecule has 0 amide bonds. The number of ether oxygens (including phenoxy) is 2. The molecule has 4 heteroatoms. The Balaban J connectivity index is 1.98. The first-order chi connectivity index (χ1) is 9.56. The predicted molar refractivity (Wildman–Crippen MR) is 81.8 cm³/mol. The second-order valence-electron chi connectivity index (χ2n) is 6.75. The first-order valence-electron chi connectivity index (χ1n) is 8.28. The minimum absolute atomic E-state index is 0.289. The normalized spacial score (nSPS) is 29.7. The van der Waals surface area contributed by atoms with Gasteiger partial charge in [-0.15, -0.1) is 0 Å². The van der Waals surface area contributed by atoms with Crippen LogP contribution in [0, 0.1) is 5.92 Å². The highest BCUT2D eigenvalue weighted by Crippen LogP contribution is 2.37. The molecule has 1 saturated carbocycles. The van der Waals surface area contributed by atoms with Gasteiger partial charge in [0, 0.05) is 24.9 Å². The number of likely N-dealkylation sites (N-methyl/N-ethyl adjacent to an activating group) is 2. The summed E-state index contributed by atoms with van der Waals surface area (Å²) in [7, 11) is 2.26. The maximum atomic E-state index is 5.94. The average Bonchev–Trinajstić information content (AvgIpc) is 2.87. The highest BCUT2D eigenvalue weighted by atomic mass is 16.7. The molecule has 1 saturated heterocycles. The van der Waals surface area contributed by atoms with Crippen LogP contribution in [-0.2, 0) is 9.47 Å². The Morgan fingerprint density at radius 3 is 2.60 bits per heavy atom. The molecule has 0 aromatic rings. The van der Waals surface area contributed by atoms with Crippen LogP contribution in [0.4, 0.5) is 0 Å². The zero-order valence-electron chi connectivity index (χ0n) is 13.7. The van der Waals surface area contributed by atoms with E-state index in [1.165, 1.54) is 6.42 Å². The summed E-state index contributed by atoms with van der Waals surface area (Å²) in [5.74, 6) is 0.467. The van der Waals surface area contributed by atoms with Gasteiger partial charge in [-0.05, 0) is 38.9 Å². The summed E-state index contributed by atoms with van der Waals surface area (Å²) in [5.41, 5.74) is 0. The van der Waals surface area contributed by atoms with Gasteiger partial charge in [-0.25, -0.2) is 0 Å². The van der Waals surface area contributed by atoms with E-state index >= 15 is 0 Å². The fourth-order valence-electron chi connectivity index (χ4n) is 3.48. The standard InChI is InChI=1S/C16H32N2O2/c1-5-17-14-6-8-16(19-10-11-20-16)12-15(14)18(4)9-7-13(2)3/h13-15,17H,5-12H2,1-4H3. The van der Waals surface area contributed by atoms with Gasteiger partial charge in [0.05, 0.1) is 13.2 Å². The predicted octanol–water partition coefficient (Wildman–Crippen LogP) is 2.24. The quantitative estimate of drug-likeness (QED) is 0.811. The van der Waals surface area contributed by atoms with E-state index in [9.17, 15) is 0 Å². The van der Waals surface area contributed by atoms with Crippen molar-refractivity contribution in [1.29, 1.82) is 0 Å². The lowest BCUT2D eigenvalue weighted by Crippen LogP contribution is -2.57. The Hall–Kier alpha value is -0.160. The monoisotopic (exact) mass is 284 g/mol. The van der Waals surface area contributed by atoms with Gasteiger partial charge in [-0.1, -0.05) is 20.8 Å². The van der Waals surface area contributed by atoms with Crippen LogP contribution in [-0.4, -0.2) is 56.1 Å². The largest absolute Gasteiger partial charge is 0.347 e. The maximum Gasteiger partial charge on any atom is 0.170 e. The van der Waals surface area contributed by atoms with Crippen LogP contribution >= 0.6 is 0 Å². The van der Waals surface area contributed by atoms with Crippen LogP contribution in [0.15, 0.2) is 0 Å². The number of hydrogen-bond acceptors (Lipinski definition) is 4. The van der Waals surface area contributed by atoms with E-state index in [2.05, 4.69) is 38.0 Å². The average molecular weight is 284 g/mol. The van der Waals surface area contributed by atoms with E-state index in [1.54, 1.807) is 0 Å². The fourth-order valence-corrected chi connectivity index (χ4v) is 3.48. The first-order valence-corrected chi connectivity index (χ1v) is 8.28. The Labute approximate surface area is 124 Å². The Morgan fingerprint density at radius 2 is 2.00 bits per heavy atom. The summed E-state index contributed by atoms with van der Waals surface area (Å²) in [4.78, 5) is 2.51. The summed E-state index contributed by atoms with van der Waals surface area (Å²) in [6, 6.07) is 1.08. The fraction of sp³-hybridized carbons (Fsp3) is 1.00. The Morgan fingerprint density at radius 1 is 1.30 bits per heavy atom. The molecule has 0 bridgehead atoms. The SMILES string of the molecule is CCNC1CCC2(CC1N(C)CCC(C)C)OCCO2. The number of rotatable bonds is 6. The summed E-state index contributed by atoms with van der Waals surface area (Å²) < 4.78 is 11.9. The van der Waals surface area contributed by atoms with Crippen LogP contribution in [0.3, 0.4) is 0 Å². The molecule has 1 spiro atoms. The van der Waals surface area contributed by atoms with Gasteiger partial charge in [-0.3, -0.25) is 0 Å². The lowest BCUT2D eigenvalue weighted by Gasteiger charge is -2.45. The summed E-state index contributed by atoms with van der Waals surface area (Å²) >= 11 is 0.